The van der Waals surface area contributed by atoms with Gasteiger partial charge in [-0.15, -0.1) is 0 Å². The minimum Gasteiger partial charge on any atom is -0.386 e. The smallest absolute Gasteiger partial charge is 0.0984 e. The first-order valence-corrected chi connectivity index (χ1v) is 8.50. The fraction of sp³-hybridized carbons (Fsp3) is 0.400. The molecule has 0 aliphatic rings. The summed E-state index contributed by atoms with van der Waals surface area (Å²) in [4.78, 5) is 2.38. The van der Waals surface area contributed by atoms with E-state index < -0.39 is 6.10 Å². The Kier molecular flexibility index (Phi) is 7.27. The molecular weight excluding hydrogens is 284 g/mol. The third-order valence-electron chi connectivity index (χ3n) is 4.30. The van der Waals surface area contributed by atoms with Gasteiger partial charge in [-0.05, 0) is 24.2 Å². The van der Waals surface area contributed by atoms with Gasteiger partial charge in [0.2, 0.25) is 0 Å². The molecule has 0 saturated carbocycles. The largest absolute Gasteiger partial charge is 0.386 e. The predicted octanol–water partition coefficient (Wildman–Crippen LogP) is 3.39. The average Bonchev–Trinajstić information content (AvgIpc) is 2.63. The van der Waals surface area contributed by atoms with Gasteiger partial charge in [-0.2, -0.15) is 0 Å². The summed E-state index contributed by atoms with van der Waals surface area (Å²) in [5.41, 5.74) is 2.06. The van der Waals surface area contributed by atoms with E-state index in [1.165, 1.54) is 0 Å². The molecule has 0 amide bonds. The van der Waals surface area contributed by atoms with Crippen molar-refractivity contribution in [2.75, 3.05) is 26.2 Å². The summed E-state index contributed by atoms with van der Waals surface area (Å²) < 4.78 is 0. The molecule has 23 heavy (non-hydrogen) atoms. The molecule has 3 nitrogen and oxygen atoms in total. The first-order chi connectivity index (χ1) is 11.3. The monoisotopic (exact) mass is 312 g/mol. The third kappa shape index (κ3) is 5.17. The molecule has 0 fully saturated rings. The van der Waals surface area contributed by atoms with E-state index in [9.17, 15) is 5.11 Å². The number of benzene rings is 2. The molecule has 2 N–H and O–H groups in total. The van der Waals surface area contributed by atoms with Crippen molar-refractivity contribution >= 4 is 0 Å². The molecule has 0 spiro atoms. The molecule has 0 saturated heterocycles. The van der Waals surface area contributed by atoms with Crippen molar-refractivity contribution in [2.45, 2.75) is 26.0 Å². The fourth-order valence-corrected chi connectivity index (χ4v) is 2.83. The molecule has 2 aromatic rings. The Morgan fingerprint density at radius 1 is 0.870 bits per heavy atom. The zero-order valence-electron chi connectivity index (χ0n) is 14.2. The Morgan fingerprint density at radius 3 is 1.91 bits per heavy atom. The Hall–Kier alpha value is -1.68. The maximum absolute atomic E-state index is 10.8. The molecule has 2 atom stereocenters. The van der Waals surface area contributed by atoms with Crippen LogP contribution >= 0.6 is 0 Å². The second kappa shape index (κ2) is 9.46. The van der Waals surface area contributed by atoms with Gasteiger partial charge < -0.3 is 15.3 Å². The molecule has 2 unspecified atom stereocenters. The van der Waals surface area contributed by atoms with Gasteiger partial charge in [-0.3, -0.25) is 0 Å². The number of hydrogen-bond donors (Lipinski definition) is 2. The second-order valence-electron chi connectivity index (χ2n) is 5.72. The van der Waals surface area contributed by atoms with Crippen LogP contribution in [-0.2, 0) is 0 Å². The van der Waals surface area contributed by atoms with Crippen molar-refractivity contribution in [3.05, 3.63) is 71.8 Å². The number of nitrogens with zero attached hydrogens (tertiary/aromatic N) is 1. The first-order valence-electron chi connectivity index (χ1n) is 8.50. The van der Waals surface area contributed by atoms with Gasteiger partial charge in [-0.1, -0.05) is 74.5 Å². The van der Waals surface area contributed by atoms with Gasteiger partial charge in [-0.25, -0.2) is 0 Å². The third-order valence-corrected chi connectivity index (χ3v) is 4.30. The van der Waals surface area contributed by atoms with E-state index in [1.807, 2.05) is 48.5 Å². The molecule has 124 valence electrons. The molecule has 2 aromatic carbocycles. The molecule has 0 aliphatic heterocycles. The number of rotatable bonds is 9. The summed E-state index contributed by atoms with van der Waals surface area (Å²) in [6, 6.07) is 20.0. The van der Waals surface area contributed by atoms with Crippen LogP contribution < -0.4 is 5.32 Å². The molecule has 2 rings (SSSR count). The van der Waals surface area contributed by atoms with E-state index in [1.54, 1.807) is 0 Å². The summed E-state index contributed by atoms with van der Waals surface area (Å²) in [7, 11) is 0. The standard InChI is InChI=1S/C20H28N2O/c1-3-22(4-2)16-15-21-19(17-11-7-5-8-12-17)20(23)18-13-9-6-10-14-18/h5-14,19-21,23H,3-4,15-16H2,1-2H3. The van der Waals surface area contributed by atoms with Crippen molar-refractivity contribution < 1.29 is 5.11 Å². The summed E-state index contributed by atoms with van der Waals surface area (Å²) in [5.74, 6) is 0. The summed E-state index contributed by atoms with van der Waals surface area (Å²) >= 11 is 0. The Morgan fingerprint density at radius 2 is 1.39 bits per heavy atom. The lowest BCUT2D eigenvalue weighted by Gasteiger charge is -2.27. The second-order valence-corrected chi connectivity index (χ2v) is 5.72. The molecule has 0 bridgehead atoms. The summed E-state index contributed by atoms with van der Waals surface area (Å²) in [6.07, 6.45) is -0.560. The van der Waals surface area contributed by atoms with E-state index in [4.69, 9.17) is 0 Å². The average molecular weight is 312 g/mol. The van der Waals surface area contributed by atoms with E-state index >= 15 is 0 Å². The number of nitrogens with one attached hydrogen (secondary N) is 1. The Bertz CT molecular complexity index is 540. The highest BCUT2D eigenvalue weighted by Gasteiger charge is 2.22. The Balaban J connectivity index is 2.09. The minimum absolute atomic E-state index is 0.103. The Labute approximate surface area is 140 Å². The van der Waals surface area contributed by atoms with Gasteiger partial charge >= 0.3 is 0 Å². The lowest BCUT2D eigenvalue weighted by atomic mass is 9.96. The highest BCUT2D eigenvalue weighted by atomic mass is 16.3. The maximum Gasteiger partial charge on any atom is 0.0984 e. The number of aliphatic hydroxyl groups is 1. The van der Waals surface area contributed by atoms with Crippen LogP contribution in [0, 0.1) is 0 Å². The number of likely N-dealkylation sites (N-methyl/N-ethyl adjacent to an activating group) is 1. The highest BCUT2D eigenvalue weighted by molar-refractivity contribution is 5.26. The number of aliphatic hydroxyl groups excluding tert-OH is 1. The van der Waals surface area contributed by atoms with E-state index in [2.05, 4.69) is 36.2 Å². The van der Waals surface area contributed by atoms with Gasteiger partial charge in [0.15, 0.2) is 0 Å². The van der Waals surface area contributed by atoms with Gasteiger partial charge in [0.1, 0.15) is 0 Å². The van der Waals surface area contributed by atoms with Crippen LogP contribution in [0.2, 0.25) is 0 Å². The van der Waals surface area contributed by atoms with E-state index in [0.29, 0.717) is 0 Å². The normalized spacial score (nSPS) is 13.9. The van der Waals surface area contributed by atoms with Crippen LogP contribution in [0.3, 0.4) is 0 Å². The van der Waals surface area contributed by atoms with Crippen molar-refractivity contribution in [1.29, 1.82) is 0 Å². The van der Waals surface area contributed by atoms with E-state index in [0.717, 1.165) is 37.3 Å². The molecular formula is C20H28N2O. The van der Waals surface area contributed by atoms with Crippen LogP contribution in [0.4, 0.5) is 0 Å². The zero-order valence-corrected chi connectivity index (χ0v) is 14.2. The maximum atomic E-state index is 10.8. The van der Waals surface area contributed by atoms with Crippen LogP contribution in [0.5, 0.6) is 0 Å². The molecule has 3 heteroatoms. The SMILES string of the molecule is CCN(CC)CCNC(c1ccccc1)C(O)c1ccccc1. The minimum atomic E-state index is -0.560. The lowest BCUT2D eigenvalue weighted by Crippen LogP contribution is -2.35. The van der Waals surface area contributed by atoms with Crippen molar-refractivity contribution in [1.82, 2.24) is 10.2 Å². The first kappa shape index (κ1) is 17.7. The summed E-state index contributed by atoms with van der Waals surface area (Å²) in [6.45, 7) is 8.29. The van der Waals surface area contributed by atoms with Crippen LogP contribution in [0.1, 0.15) is 37.1 Å². The van der Waals surface area contributed by atoms with Gasteiger partial charge in [0.25, 0.3) is 0 Å². The number of hydrogen-bond acceptors (Lipinski definition) is 3. The van der Waals surface area contributed by atoms with Gasteiger partial charge in [0, 0.05) is 13.1 Å². The molecule has 0 aromatic heterocycles. The van der Waals surface area contributed by atoms with E-state index in [-0.39, 0.29) is 6.04 Å². The van der Waals surface area contributed by atoms with Crippen LogP contribution in [0.25, 0.3) is 0 Å². The molecule has 0 heterocycles. The van der Waals surface area contributed by atoms with Gasteiger partial charge in [0.05, 0.1) is 12.1 Å². The highest BCUT2D eigenvalue weighted by Crippen LogP contribution is 2.28. The van der Waals surface area contributed by atoms with Crippen molar-refractivity contribution in [3.8, 4) is 0 Å². The molecule has 0 aliphatic carbocycles. The zero-order chi connectivity index (χ0) is 16.5. The quantitative estimate of drug-likeness (QED) is 0.745. The lowest BCUT2D eigenvalue weighted by molar-refractivity contribution is 0.126. The fourth-order valence-electron chi connectivity index (χ4n) is 2.83. The van der Waals surface area contributed by atoms with Crippen molar-refractivity contribution in [3.63, 3.8) is 0 Å². The summed E-state index contributed by atoms with van der Waals surface area (Å²) in [5, 5.41) is 14.4. The topological polar surface area (TPSA) is 35.5 Å². The van der Waals surface area contributed by atoms with Crippen LogP contribution in [-0.4, -0.2) is 36.2 Å². The van der Waals surface area contributed by atoms with Crippen LogP contribution in [0.15, 0.2) is 60.7 Å². The molecule has 0 radical (unpaired) electrons. The van der Waals surface area contributed by atoms with Crippen molar-refractivity contribution in [2.24, 2.45) is 0 Å². The predicted molar refractivity (Wildman–Crippen MR) is 96.4 cm³/mol.